The first-order valence-electron chi connectivity index (χ1n) is 11.9. The van der Waals surface area contributed by atoms with Crippen molar-refractivity contribution in [2.75, 3.05) is 13.1 Å². The molecule has 0 aromatic rings. The number of carbonyl (C=O) groups excluding carboxylic acids is 1. The van der Waals surface area contributed by atoms with E-state index in [1.165, 1.54) is 18.6 Å². The van der Waals surface area contributed by atoms with E-state index in [1.54, 1.807) is 0 Å². The van der Waals surface area contributed by atoms with Crippen LogP contribution in [0.2, 0.25) is 0 Å². The molecule has 4 aliphatic carbocycles. The zero-order valence-electron chi connectivity index (χ0n) is 18.1. The monoisotopic (exact) mass is 396 g/mol. The molecule has 8 atom stereocenters. The predicted molar refractivity (Wildman–Crippen MR) is 114 cm³/mol. The summed E-state index contributed by atoms with van der Waals surface area (Å²) in [7, 11) is 0. The molecule has 0 aromatic carbocycles. The second-order valence-corrected chi connectivity index (χ2v) is 11.0. The average Bonchev–Trinajstić information content (AvgIpc) is 3.34. The van der Waals surface area contributed by atoms with Crippen LogP contribution in [0.25, 0.3) is 0 Å². The van der Waals surface area contributed by atoms with Crippen LogP contribution in [0.3, 0.4) is 0 Å². The van der Waals surface area contributed by atoms with Gasteiger partial charge in [0.15, 0.2) is 0 Å². The van der Waals surface area contributed by atoms with E-state index >= 15 is 0 Å². The smallest absolute Gasteiger partial charge is 0.141 e. The topological polar surface area (TPSA) is 50.7 Å². The number of carbonyl (C=O) groups is 1. The fourth-order valence-electron chi connectivity index (χ4n) is 8.05. The van der Waals surface area contributed by atoms with Gasteiger partial charge in [0.25, 0.3) is 0 Å². The Morgan fingerprint density at radius 3 is 2.76 bits per heavy atom. The third-order valence-electron chi connectivity index (χ3n) is 9.82. The van der Waals surface area contributed by atoms with Crippen LogP contribution in [-0.2, 0) is 9.63 Å². The van der Waals surface area contributed by atoms with Crippen molar-refractivity contribution >= 4 is 11.5 Å². The van der Waals surface area contributed by atoms with Crippen LogP contribution >= 0.6 is 0 Å². The van der Waals surface area contributed by atoms with Crippen molar-refractivity contribution in [1.29, 1.82) is 0 Å². The molecule has 1 saturated heterocycles. The Kier molecular flexibility index (Phi) is 4.81. The normalized spacial score (nSPS) is 50.5. The number of Topliss-reactive ketones (excluding diaryl/α,β-unsaturated/α-hetero) is 1. The van der Waals surface area contributed by atoms with Crippen LogP contribution in [0.1, 0.15) is 71.6 Å². The number of fused-ring (bicyclic) bond motifs is 5. The molecular formula is C25H36N2O2. The summed E-state index contributed by atoms with van der Waals surface area (Å²) in [6.45, 7) is 6.70. The molecule has 158 valence electrons. The molecule has 29 heavy (non-hydrogen) atoms. The van der Waals surface area contributed by atoms with Crippen LogP contribution in [0.5, 0.6) is 0 Å². The van der Waals surface area contributed by atoms with E-state index in [0.717, 1.165) is 58.0 Å². The minimum atomic E-state index is -0.0754. The molecule has 1 N–H and O–H groups in total. The molecule has 1 unspecified atom stereocenters. The number of hydrogen-bond donors (Lipinski definition) is 1. The third-order valence-corrected chi connectivity index (χ3v) is 9.82. The maximum atomic E-state index is 12.7. The molecule has 1 aliphatic heterocycles. The van der Waals surface area contributed by atoms with E-state index in [1.807, 2.05) is 0 Å². The van der Waals surface area contributed by atoms with Crippen molar-refractivity contribution in [3.05, 3.63) is 0 Å². The van der Waals surface area contributed by atoms with Crippen LogP contribution in [-0.4, -0.2) is 30.7 Å². The molecule has 4 nitrogen and oxygen atoms in total. The fourth-order valence-corrected chi connectivity index (χ4v) is 8.05. The lowest BCUT2D eigenvalue weighted by Gasteiger charge is -2.61. The number of hydrogen-bond acceptors (Lipinski definition) is 4. The van der Waals surface area contributed by atoms with Gasteiger partial charge in [0, 0.05) is 30.7 Å². The van der Waals surface area contributed by atoms with Crippen molar-refractivity contribution in [2.24, 2.45) is 45.6 Å². The van der Waals surface area contributed by atoms with Crippen LogP contribution in [0.15, 0.2) is 5.16 Å². The number of nitrogens with one attached hydrogen (secondary N) is 1. The van der Waals surface area contributed by atoms with Crippen LogP contribution in [0.4, 0.5) is 0 Å². The second kappa shape index (κ2) is 7.12. The molecule has 5 aliphatic rings. The number of terminal acetylenes is 1. The summed E-state index contributed by atoms with van der Waals surface area (Å²) in [5.74, 6) is 6.41. The summed E-state index contributed by atoms with van der Waals surface area (Å²) < 4.78 is 0. The summed E-state index contributed by atoms with van der Waals surface area (Å²) in [6, 6.07) is 0. The molecule has 0 spiro atoms. The molecule has 0 radical (unpaired) electrons. The lowest BCUT2D eigenvalue weighted by atomic mass is 9.43. The number of ketones is 1. The Morgan fingerprint density at radius 2 is 2.00 bits per heavy atom. The van der Waals surface area contributed by atoms with Crippen molar-refractivity contribution in [1.82, 2.24) is 5.32 Å². The van der Waals surface area contributed by atoms with Crippen molar-refractivity contribution in [2.45, 2.75) is 77.7 Å². The van der Waals surface area contributed by atoms with E-state index in [0.29, 0.717) is 35.4 Å². The Balaban J connectivity index is 1.38. The van der Waals surface area contributed by atoms with Crippen molar-refractivity contribution < 1.29 is 9.63 Å². The summed E-state index contributed by atoms with van der Waals surface area (Å²) in [5, 5.41) is 7.94. The van der Waals surface area contributed by atoms with Gasteiger partial charge in [-0.15, -0.1) is 12.3 Å². The van der Waals surface area contributed by atoms with Gasteiger partial charge in [-0.1, -0.05) is 19.0 Å². The molecular weight excluding hydrogens is 360 g/mol. The molecule has 5 rings (SSSR count). The van der Waals surface area contributed by atoms with Gasteiger partial charge < -0.3 is 10.2 Å². The Hall–Kier alpha value is -1.34. The highest BCUT2D eigenvalue weighted by atomic mass is 16.6. The fraction of sp³-hybridized carbons (Fsp3) is 0.840. The first-order valence-corrected chi connectivity index (χ1v) is 11.9. The van der Waals surface area contributed by atoms with Gasteiger partial charge in [-0.2, -0.15) is 0 Å². The SMILES string of the molecule is C#C[C@H]1C[C@@H]2[C@H](CC[C@]3(C)C(=O)CC[C@@H]23)[C@@]2(C)CC/C(=N\O[C@@H]3CCNC3)CC12. The molecule has 0 bridgehead atoms. The quantitative estimate of drug-likeness (QED) is 0.562. The number of rotatable bonds is 2. The minimum absolute atomic E-state index is 0.0754. The standard InChI is InChI=1S/C25H36N2O2/c1-4-16-13-19-20-5-6-23(28)25(20,3)11-8-21(19)24(2)10-7-17(14-22(16)24)27-29-18-9-12-26-15-18/h1,16,18-22,26H,5-15H2,2-3H3/b27-17+/t16-,18+,19-,20-,21-,22?,24+,25-/m0/s1. The first-order chi connectivity index (χ1) is 14.0. The van der Waals surface area contributed by atoms with Crippen LogP contribution < -0.4 is 5.32 Å². The zero-order chi connectivity index (χ0) is 20.2. The van der Waals surface area contributed by atoms with E-state index in [4.69, 9.17) is 11.3 Å². The summed E-state index contributed by atoms with van der Waals surface area (Å²) in [6.07, 6.45) is 15.8. The molecule has 1 heterocycles. The average molecular weight is 397 g/mol. The maximum Gasteiger partial charge on any atom is 0.141 e. The second-order valence-electron chi connectivity index (χ2n) is 11.0. The lowest BCUT2D eigenvalue weighted by Crippen LogP contribution is -2.56. The molecule has 0 amide bonds. The van der Waals surface area contributed by atoms with Gasteiger partial charge >= 0.3 is 0 Å². The number of nitrogens with zero attached hydrogens (tertiary/aromatic N) is 1. The van der Waals surface area contributed by atoms with Gasteiger partial charge in [-0.3, -0.25) is 4.79 Å². The van der Waals surface area contributed by atoms with Crippen LogP contribution in [0, 0.1) is 52.8 Å². The molecule has 4 saturated carbocycles. The minimum Gasteiger partial charge on any atom is -0.391 e. The van der Waals surface area contributed by atoms with E-state index < -0.39 is 0 Å². The van der Waals surface area contributed by atoms with Gasteiger partial charge in [-0.25, -0.2) is 0 Å². The number of oxime groups is 1. The Morgan fingerprint density at radius 1 is 1.14 bits per heavy atom. The summed E-state index contributed by atoms with van der Waals surface area (Å²) >= 11 is 0. The third kappa shape index (κ3) is 2.99. The largest absolute Gasteiger partial charge is 0.391 e. The van der Waals surface area contributed by atoms with Gasteiger partial charge in [0.1, 0.15) is 11.9 Å². The van der Waals surface area contributed by atoms with E-state index in [-0.39, 0.29) is 16.9 Å². The first kappa shape index (κ1) is 19.6. The Labute approximate surface area is 175 Å². The van der Waals surface area contributed by atoms with Gasteiger partial charge in [0.05, 0.1) is 5.71 Å². The summed E-state index contributed by atoms with van der Waals surface area (Å²) in [4.78, 5) is 18.5. The van der Waals surface area contributed by atoms with Gasteiger partial charge in [0.2, 0.25) is 0 Å². The highest BCUT2D eigenvalue weighted by Crippen LogP contribution is 2.66. The molecule has 0 aromatic heterocycles. The molecule has 5 fully saturated rings. The predicted octanol–water partition coefficient (Wildman–Crippen LogP) is 4.19. The van der Waals surface area contributed by atoms with Crippen molar-refractivity contribution in [3.63, 3.8) is 0 Å². The highest BCUT2D eigenvalue weighted by Gasteiger charge is 2.61. The van der Waals surface area contributed by atoms with Crippen molar-refractivity contribution in [3.8, 4) is 12.3 Å². The molecule has 4 heteroatoms. The van der Waals surface area contributed by atoms with E-state index in [2.05, 4.69) is 30.2 Å². The highest BCUT2D eigenvalue weighted by molar-refractivity contribution is 5.87. The van der Waals surface area contributed by atoms with Gasteiger partial charge in [-0.05, 0) is 80.6 Å². The maximum absolute atomic E-state index is 12.7. The zero-order valence-corrected chi connectivity index (χ0v) is 18.1. The van der Waals surface area contributed by atoms with E-state index in [9.17, 15) is 4.79 Å². The Bertz CT molecular complexity index is 748. The summed E-state index contributed by atoms with van der Waals surface area (Å²) in [5.41, 5.74) is 1.42. The lowest BCUT2D eigenvalue weighted by molar-refractivity contribution is -0.139.